The van der Waals surface area contributed by atoms with Gasteiger partial charge in [0.1, 0.15) is 6.33 Å². The van der Waals surface area contributed by atoms with Gasteiger partial charge >= 0.3 is 0 Å². The Morgan fingerprint density at radius 3 is 2.76 bits per heavy atom. The summed E-state index contributed by atoms with van der Waals surface area (Å²) in [6.45, 7) is 4.97. The molecule has 0 spiro atoms. The Bertz CT molecular complexity index is 361. The predicted octanol–water partition coefficient (Wildman–Crippen LogP) is -0.303. The number of H-pyrrole nitrogens is 1. The van der Waals surface area contributed by atoms with E-state index in [1.165, 1.54) is 6.33 Å². The van der Waals surface area contributed by atoms with E-state index >= 15 is 0 Å². The fourth-order valence-corrected chi connectivity index (χ4v) is 1.09. The first-order valence-electron chi connectivity index (χ1n) is 5.50. The van der Waals surface area contributed by atoms with Crippen LogP contribution in [0.4, 0.5) is 0 Å². The second kappa shape index (κ2) is 6.62. The summed E-state index contributed by atoms with van der Waals surface area (Å²) in [5.41, 5.74) is 0. The van der Waals surface area contributed by atoms with Crippen molar-refractivity contribution in [3.8, 4) is 0 Å². The molecule has 0 saturated heterocycles. The molecule has 3 N–H and O–H groups in total. The van der Waals surface area contributed by atoms with Gasteiger partial charge in [0, 0.05) is 19.5 Å². The van der Waals surface area contributed by atoms with Crippen LogP contribution in [0, 0.1) is 5.92 Å². The Morgan fingerprint density at radius 2 is 2.18 bits per heavy atom. The van der Waals surface area contributed by atoms with Crippen molar-refractivity contribution in [3.05, 3.63) is 12.2 Å². The van der Waals surface area contributed by atoms with Gasteiger partial charge in [-0.3, -0.25) is 14.7 Å². The van der Waals surface area contributed by atoms with E-state index in [0.29, 0.717) is 12.5 Å². The van der Waals surface area contributed by atoms with Crippen molar-refractivity contribution in [1.82, 2.24) is 25.8 Å². The van der Waals surface area contributed by atoms with E-state index in [4.69, 9.17) is 0 Å². The van der Waals surface area contributed by atoms with Gasteiger partial charge in [0.2, 0.25) is 11.7 Å². The minimum atomic E-state index is -0.362. The summed E-state index contributed by atoms with van der Waals surface area (Å²) >= 11 is 0. The molecule has 1 heterocycles. The van der Waals surface area contributed by atoms with Crippen LogP contribution in [-0.2, 0) is 4.79 Å². The van der Waals surface area contributed by atoms with Gasteiger partial charge in [-0.15, -0.1) is 0 Å². The van der Waals surface area contributed by atoms with Gasteiger partial charge in [0.25, 0.3) is 5.91 Å². The van der Waals surface area contributed by atoms with Crippen LogP contribution in [0.5, 0.6) is 0 Å². The number of aromatic amines is 1. The number of nitrogens with zero attached hydrogens (tertiary/aromatic N) is 2. The average molecular weight is 239 g/mol. The Balaban J connectivity index is 2.15. The van der Waals surface area contributed by atoms with E-state index in [2.05, 4.69) is 25.8 Å². The molecule has 0 atom stereocenters. The molecule has 0 radical (unpaired) electrons. The molecule has 7 nitrogen and oxygen atoms in total. The highest BCUT2D eigenvalue weighted by atomic mass is 16.2. The largest absolute Gasteiger partial charge is 0.356 e. The fourth-order valence-electron chi connectivity index (χ4n) is 1.09. The van der Waals surface area contributed by atoms with Crippen molar-refractivity contribution in [2.24, 2.45) is 5.92 Å². The minimum Gasteiger partial charge on any atom is -0.356 e. The zero-order chi connectivity index (χ0) is 12.7. The molecule has 1 aromatic heterocycles. The third-order valence-corrected chi connectivity index (χ3v) is 1.98. The lowest BCUT2D eigenvalue weighted by Gasteiger charge is -2.07. The van der Waals surface area contributed by atoms with Gasteiger partial charge in [-0.05, 0) is 5.92 Å². The lowest BCUT2D eigenvalue weighted by atomic mass is 10.2. The second-order valence-corrected chi connectivity index (χ2v) is 4.04. The third kappa shape index (κ3) is 5.10. The van der Waals surface area contributed by atoms with Crippen LogP contribution < -0.4 is 10.6 Å². The predicted molar refractivity (Wildman–Crippen MR) is 61.2 cm³/mol. The van der Waals surface area contributed by atoms with Gasteiger partial charge in [-0.2, -0.15) is 5.10 Å². The molecule has 0 aliphatic rings. The molecule has 0 aliphatic heterocycles. The number of hydrogen-bond donors (Lipinski definition) is 3. The second-order valence-electron chi connectivity index (χ2n) is 4.04. The lowest BCUT2D eigenvalue weighted by Crippen LogP contribution is -2.32. The molecule has 17 heavy (non-hydrogen) atoms. The van der Waals surface area contributed by atoms with E-state index in [9.17, 15) is 9.59 Å². The highest BCUT2D eigenvalue weighted by Crippen LogP contribution is 1.89. The Labute approximate surface area is 99.4 Å². The monoisotopic (exact) mass is 239 g/mol. The summed E-state index contributed by atoms with van der Waals surface area (Å²) in [6.07, 6.45) is 1.51. The number of nitrogens with one attached hydrogen (secondary N) is 3. The molecule has 0 aromatic carbocycles. The number of amides is 2. The summed E-state index contributed by atoms with van der Waals surface area (Å²) in [6, 6.07) is 0. The molecule has 2 amide bonds. The quantitative estimate of drug-likeness (QED) is 0.634. The lowest BCUT2D eigenvalue weighted by molar-refractivity contribution is -0.121. The maximum absolute atomic E-state index is 11.4. The van der Waals surface area contributed by atoms with E-state index < -0.39 is 0 Å². The molecule has 0 aliphatic carbocycles. The van der Waals surface area contributed by atoms with Gasteiger partial charge in [-0.25, -0.2) is 4.98 Å². The Kier molecular flexibility index (Phi) is 5.12. The Morgan fingerprint density at radius 1 is 1.41 bits per heavy atom. The number of carbonyl (C=O) groups excluding carboxylic acids is 2. The summed E-state index contributed by atoms with van der Waals surface area (Å²) < 4.78 is 0. The molecule has 1 aromatic rings. The highest BCUT2D eigenvalue weighted by Gasteiger charge is 2.08. The Hall–Kier alpha value is -1.92. The van der Waals surface area contributed by atoms with Crippen LogP contribution in [0.2, 0.25) is 0 Å². The van der Waals surface area contributed by atoms with Crippen LogP contribution >= 0.6 is 0 Å². The van der Waals surface area contributed by atoms with Gasteiger partial charge in [0.05, 0.1) is 0 Å². The van der Waals surface area contributed by atoms with Gasteiger partial charge in [0.15, 0.2) is 0 Å². The maximum Gasteiger partial charge on any atom is 0.288 e. The van der Waals surface area contributed by atoms with Crippen LogP contribution in [0.3, 0.4) is 0 Å². The van der Waals surface area contributed by atoms with E-state index in [1.807, 2.05) is 13.8 Å². The van der Waals surface area contributed by atoms with Crippen molar-refractivity contribution in [1.29, 1.82) is 0 Å². The first-order valence-corrected chi connectivity index (χ1v) is 5.50. The van der Waals surface area contributed by atoms with Crippen LogP contribution in [0.1, 0.15) is 30.9 Å². The molecule has 7 heteroatoms. The number of aromatic nitrogens is 3. The van der Waals surface area contributed by atoms with E-state index in [-0.39, 0.29) is 30.6 Å². The number of rotatable bonds is 6. The molecule has 0 fully saturated rings. The third-order valence-electron chi connectivity index (χ3n) is 1.98. The first-order chi connectivity index (χ1) is 8.09. The maximum atomic E-state index is 11.4. The van der Waals surface area contributed by atoms with Crippen LogP contribution in [0.25, 0.3) is 0 Å². The first kappa shape index (κ1) is 13.1. The molecule has 0 saturated carbocycles. The van der Waals surface area contributed by atoms with Crippen molar-refractivity contribution >= 4 is 11.8 Å². The standard InChI is InChI=1S/C10H17N5O2/c1-7(2)5-12-8(16)3-4-11-10(17)9-13-6-14-15-9/h6-7H,3-5H2,1-2H3,(H,11,17)(H,12,16)(H,13,14,15). The minimum absolute atomic E-state index is 0.0726. The average Bonchev–Trinajstić information content (AvgIpc) is 2.79. The van der Waals surface area contributed by atoms with Gasteiger partial charge < -0.3 is 10.6 Å². The molecular weight excluding hydrogens is 222 g/mol. The molecular formula is C10H17N5O2. The zero-order valence-electron chi connectivity index (χ0n) is 9.99. The van der Waals surface area contributed by atoms with Crippen LogP contribution in [-0.4, -0.2) is 40.1 Å². The van der Waals surface area contributed by atoms with Crippen molar-refractivity contribution in [2.45, 2.75) is 20.3 Å². The fraction of sp³-hybridized carbons (Fsp3) is 0.600. The topological polar surface area (TPSA) is 99.8 Å². The zero-order valence-corrected chi connectivity index (χ0v) is 9.99. The van der Waals surface area contributed by atoms with Crippen molar-refractivity contribution < 1.29 is 9.59 Å². The molecule has 1 rings (SSSR count). The van der Waals surface area contributed by atoms with E-state index in [0.717, 1.165) is 0 Å². The summed E-state index contributed by atoms with van der Waals surface area (Å²) in [7, 11) is 0. The number of carbonyl (C=O) groups is 2. The SMILES string of the molecule is CC(C)CNC(=O)CCNC(=O)c1ncn[nH]1. The van der Waals surface area contributed by atoms with E-state index in [1.54, 1.807) is 0 Å². The van der Waals surface area contributed by atoms with Crippen molar-refractivity contribution in [3.63, 3.8) is 0 Å². The molecule has 0 bridgehead atoms. The normalized spacial score (nSPS) is 10.3. The van der Waals surface area contributed by atoms with Crippen LogP contribution in [0.15, 0.2) is 6.33 Å². The molecule has 0 unspecified atom stereocenters. The number of hydrogen-bond acceptors (Lipinski definition) is 4. The van der Waals surface area contributed by atoms with Gasteiger partial charge in [-0.1, -0.05) is 13.8 Å². The molecule has 94 valence electrons. The summed E-state index contributed by atoms with van der Waals surface area (Å²) in [5.74, 6) is 0.131. The van der Waals surface area contributed by atoms with Crippen molar-refractivity contribution in [2.75, 3.05) is 13.1 Å². The summed E-state index contributed by atoms with van der Waals surface area (Å²) in [5, 5.41) is 11.3. The smallest absolute Gasteiger partial charge is 0.288 e. The summed E-state index contributed by atoms with van der Waals surface area (Å²) in [4.78, 5) is 26.4. The highest BCUT2D eigenvalue weighted by molar-refractivity contribution is 5.90.